The van der Waals surface area contributed by atoms with Gasteiger partial charge in [-0.15, -0.1) is 0 Å². The number of carbonyl (C=O) groups is 1. The van der Waals surface area contributed by atoms with Gasteiger partial charge in [0.15, 0.2) is 5.69 Å². The van der Waals surface area contributed by atoms with Crippen LogP contribution in [0.2, 0.25) is 0 Å². The third-order valence-corrected chi connectivity index (χ3v) is 3.87. The Balaban J connectivity index is 2.30. The number of hydrogen-bond donors (Lipinski definition) is 2. The Morgan fingerprint density at radius 2 is 1.86 bits per heavy atom. The third kappa shape index (κ3) is 3.34. The smallest absolute Gasteiger partial charge is 0.354 e. The summed E-state index contributed by atoms with van der Waals surface area (Å²) in [5.74, 6) is -1.35. The van der Waals surface area contributed by atoms with Gasteiger partial charge in [-0.2, -0.15) is 5.26 Å². The van der Waals surface area contributed by atoms with Gasteiger partial charge in [0.25, 0.3) is 10.0 Å². The number of aromatic nitrogens is 1. The number of nitriles is 1. The van der Waals surface area contributed by atoms with Crippen LogP contribution in [0.15, 0.2) is 47.4 Å². The fourth-order valence-corrected chi connectivity index (χ4v) is 2.52. The van der Waals surface area contributed by atoms with E-state index in [4.69, 9.17) is 10.4 Å². The minimum Gasteiger partial charge on any atom is -0.477 e. The van der Waals surface area contributed by atoms with Gasteiger partial charge in [0.2, 0.25) is 0 Å². The van der Waals surface area contributed by atoms with Gasteiger partial charge in [-0.25, -0.2) is 18.2 Å². The highest BCUT2D eigenvalue weighted by Crippen LogP contribution is 2.15. The molecule has 2 rings (SSSR count). The molecule has 21 heavy (non-hydrogen) atoms. The zero-order chi connectivity index (χ0) is 15.5. The number of aromatic carboxylic acids is 1. The van der Waals surface area contributed by atoms with Crippen LogP contribution in [0.25, 0.3) is 0 Å². The number of benzene rings is 1. The van der Waals surface area contributed by atoms with Crippen molar-refractivity contribution in [2.75, 3.05) is 4.72 Å². The van der Waals surface area contributed by atoms with Crippen molar-refractivity contribution in [3.63, 3.8) is 0 Å². The second kappa shape index (κ2) is 5.60. The fourth-order valence-electron chi connectivity index (χ4n) is 1.52. The standard InChI is InChI=1S/C13H9N3O4S/c14-8-9-4-6-10(7-5-9)21(19,20)16-12-3-1-2-11(15-12)13(17)18/h1-7H,(H,15,16)(H,17,18). The summed E-state index contributed by atoms with van der Waals surface area (Å²) >= 11 is 0. The van der Waals surface area contributed by atoms with Crippen molar-refractivity contribution >= 4 is 21.8 Å². The molecule has 0 saturated heterocycles. The minimum atomic E-state index is -3.90. The van der Waals surface area contributed by atoms with E-state index >= 15 is 0 Å². The van der Waals surface area contributed by atoms with Gasteiger partial charge < -0.3 is 5.11 Å². The first kappa shape index (κ1) is 14.5. The maximum absolute atomic E-state index is 12.1. The summed E-state index contributed by atoms with van der Waals surface area (Å²) in [6, 6.07) is 11.2. The van der Waals surface area contributed by atoms with Gasteiger partial charge >= 0.3 is 5.97 Å². The van der Waals surface area contributed by atoms with Crippen LogP contribution in [-0.2, 0) is 10.0 Å². The summed E-state index contributed by atoms with van der Waals surface area (Å²) in [7, 11) is -3.90. The van der Waals surface area contributed by atoms with E-state index in [1.54, 1.807) is 0 Å². The fraction of sp³-hybridized carbons (Fsp3) is 0. The highest BCUT2D eigenvalue weighted by Gasteiger charge is 2.15. The highest BCUT2D eigenvalue weighted by atomic mass is 32.2. The van der Waals surface area contributed by atoms with Gasteiger partial charge in [-0.3, -0.25) is 4.72 Å². The highest BCUT2D eigenvalue weighted by molar-refractivity contribution is 7.92. The molecule has 0 aliphatic carbocycles. The molecule has 0 bridgehead atoms. The quantitative estimate of drug-likeness (QED) is 0.882. The lowest BCUT2D eigenvalue weighted by Crippen LogP contribution is -2.15. The normalized spacial score (nSPS) is 10.6. The third-order valence-electron chi connectivity index (χ3n) is 2.50. The van der Waals surface area contributed by atoms with Gasteiger partial charge in [0.1, 0.15) is 5.82 Å². The monoisotopic (exact) mass is 303 g/mol. The van der Waals surface area contributed by atoms with Crippen LogP contribution in [0, 0.1) is 11.3 Å². The van der Waals surface area contributed by atoms with Gasteiger partial charge in [-0.1, -0.05) is 6.07 Å². The first-order valence-corrected chi connectivity index (χ1v) is 7.14. The van der Waals surface area contributed by atoms with Gasteiger partial charge in [0, 0.05) is 0 Å². The maximum atomic E-state index is 12.1. The van der Waals surface area contributed by atoms with Crippen molar-refractivity contribution in [1.29, 1.82) is 5.26 Å². The Bertz CT molecular complexity index is 823. The van der Waals surface area contributed by atoms with E-state index < -0.39 is 16.0 Å². The van der Waals surface area contributed by atoms with Crippen LogP contribution >= 0.6 is 0 Å². The number of sulfonamides is 1. The maximum Gasteiger partial charge on any atom is 0.354 e. The lowest BCUT2D eigenvalue weighted by molar-refractivity contribution is 0.0690. The molecule has 0 saturated carbocycles. The number of carboxylic acids is 1. The number of nitrogens with zero attached hydrogens (tertiary/aromatic N) is 2. The predicted molar refractivity (Wildman–Crippen MR) is 73.2 cm³/mol. The summed E-state index contributed by atoms with van der Waals surface area (Å²) in [4.78, 5) is 14.4. The number of nitrogens with one attached hydrogen (secondary N) is 1. The summed E-state index contributed by atoms with van der Waals surface area (Å²) in [6.45, 7) is 0. The summed E-state index contributed by atoms with van der Waals surface area (Å²) < 4.78 is 26.4. The number of pyridine rings is 1. The molecule has 0 spiro atoms. The Morgan fingerprint density at radius 3 is 2.43 bits per heavy atom. The molecule has 0 fully saturated rings. The van der Waals surface area contributed by atoms with Crippen molar-refractivity contribution in [3.05, 3.63) is 53.7 Å². The topological polar surface area (TPSA) is 120 Å². The Labute approximate surface area is 120 Å². The largest absolute Gasteiger partial charge is 0.477 e. The molecule has 106 valence electrons. The molecule has 0 atom stereocenters. The van der Waals surface area contributed by atoms with Crippen molar-refractivity contribution in [2.45, 2.75) is 4.90 Å². The second-order valence-corrected chi connectivity index (χ2v) is 5.64. The van der Waals surface area contributed by atoms with Gasteiger partial charge in [-0.05, 0) is 36.4 Å². The van der Waals surface area contributed by atoms with Crippen molar-refractivity contribution in [1.82, 2.24) is 4.98 Å². The average molecular weight is 303 g/mol. The van der Waals surface area contributed by atoms with Crippen LogP contribution in [-0.4, -0.2) is 24.5 Å². The molecule has 0 amide bonds. The van der Waals surface area contributed by atoms with Crippen LogP contribution in [0.3, 0.4) is 0 Å². The SMILES string of the molecule is N#Cc1ccc(S(=O)(=O)Nc2cccc(C(=O)O)n2)cc1. The van der Waals surface area contributed by atoms with Crippen molar-refractivity contribution in [2.24, 2.45) is 0 Å². The zero-order valence-electron chi connectivity index (χ0n) is 10.5. The molecule has 2 aromatic rings. The van der Waals surface area contributed by atoms with Crippen molar-refractivity contribution in [3.8, 4) is 6.07 Å². The van der Waals surface area contributed by atoms with E-state index in [0.717, 1.165) is 0 Å². The second-order valence-electron chi connectivity index (χ2n) is 3.95. The van der Waals surface area contributed by atoms with Crippen LogP contribution in [0.5, 0.6) is 0 Å². The van der Waals surface area contributed by atoms with E-state index in [1.807, 2.05) is 6.07 Å². The summed E-state index contributed by atoms with van der Waals surface area (Å²) in [5.41, 5.74) is 0.0648. The first-order chi connectivity index (χ1) is 9.92. The first-order valence-electron chi connectivity index (χ1n) is 5.66. The van der Waals surface area contributed by atoms with E-state index in [0.29, 0.717) is 5.56 Å². The number of rotatable bonds is 4. The molecular formula is C13H9N3O4S. The minimum absolute atomic E-state index is 0.0518. The van der Waals surface area contributed by atoms with E-state index in [-0.39, 0.29) is 16.4 Å². The molecule has 7 nitrogen and oxygen atoms in total. The Morgan fingerprint density at radius 1 is 1.19 bits per heavy atom. The molecule has 1 aromatic heterocycles. The van der Waals surface area contributed by atoms with Crippen molar-refractivity contribution < 1.29 is 18.3 Å². The lowest BCUT2D eigenvalue weighted by atomic mass is 10.2. The van der Waals surface area contributed by atoms with Gasteiger partial charge in [0.05, 0.1) is 16.5 Å². The Hall–Kier alpha value is -2.92. The zero-order valence-corrected chi connectivity index (χ0v) is 11.3. The average Bonchev–Trinajstić information content (AvgIpc) is 2.47. The molecule has 1 aromatic carbocycles. The van der Waals surface area contributed by atoms with Crippen LogP contribution in [0.4, 0.5) is 5.82 Å². The lowest BCUT2D eigenvalue weighted by Gasteiger charge is -2.07. The van der Waals surface area contributed by atoms with E-state index in [1.165, 1.54) is 42.5 Å². The molecule has 8 heteroatoms. The predicted octanol–water partition coefficient (Wildman–Crippen LogP) is 1.45. The number of hydrogen-bond acceptors (Lipinski definition) is 5. The Kier molecular flexibility index (Phi) is 3.86. The molecule has 1 heterocycles. The molecular weight excluding hydrogens is 294 g/mol. The summed E-state index contributed by atoms with van der Waals surface area (Å²) in [5, 5.41) is 17.5. The van der Waals surface area contributed by atoms with Crippen LogP contribution < -0.4 is 4.72 Å². The van der Waals surface area contributed by atoms with E-state index in [2.05, 4.69) is 9.71 Å². The molecule has 0 radical (unpaired) electrons. The molecule has 0 aliphatic heterocycles. The summed E-state index contributed by atoms with van der Waals surface area (Å²) in [6.07, 6.45) is 0. The number of anilines is 1. The molecule has 2 N–H and O–H groups in total. The van der Waals surface area contributed by atoms with Crippen LogP contribution in [0.1, 0.15) is 16.1 Å². The van der Waals surface area contributed by atoms with E-state index in [9.17, 15) is 13.2 Å². The number of carboxylic acid groups (broad SMARTS) is 1. The molecule has 0 aliphatic rings. The molecule has 0 unspecified atom stereocenters.